The van der Waals surface area contributed by atoms with Crippen LogP contribution in [0.5, 0.6) is 0 Å². The first-order valence-corrected chi connectivity index (χ1v) is 5.93. The van der Waals surface area contributed by atoms with Gasteiger partial charge in [-0.2, -0.15) is 18.2 Å². The molecule has 1 aromatic carbocycles. The van der Waals surface area contributed by atoms with Crippen molar-refractivity contribution in [3.63, 3.8) is 0 Å². The fourth-order valence-electron chi connectivity index (χ4n) is 1.78. The zero-order valence-electron chi connectivity index (χ0n) is 11.1. The highest BCUT2D eigenvalue weighted by molar-refractivity contribution is 6.04. The van der Waals surface area contributed by atoms with Gasteiger partial charge >= 0.3 is 11.9 Å². The number of hydrogen-bond acceptors (Lipinski definition) is 3. The first kappa shape index (κ1) is 15.7. The Kier molecular flexibility index (Phi) is 3.98. The molecule has 2 aromatic rings. The molecule has 1 aromatic heterocycles. The van der Waals surface area contributed by atoms with Crippen LogP contribution < -0.4 is 11.0 Å². The second kappa shape index (κ2) is 5.58. The van der Waals surface area contributed by atoms with Crippen molar-refractivity contribution >= 4 is 11.7 Å². The Bertz CT molecular complexity index is 784. The van der Waals surface area contributed by atoms with Crippen LogP contribution in [0.2, 0.25) is 0 Å². The van der Waals surface area contributed by atoms with Gasteiger partial charge in [0.05, 0.1) is 11.1 Å². The van der Waals surface area contributed by atoms with Gasteiger partial charge in [0.2, 0.25) is 0 Å². The highest BCUT2D eigenvalue weighted by atomic mass is 19.4. The van der Waals surface area contributed by atoms with Crippen LogP contribution >= 0.6 is 0 Å². The van der Waals surface area contributed by atoms with Gasteiger partial charge in [-0.1, -0.05) is 0 Å². The normalized spacial score (nSPS) is 11.3. The Morgan fingerprint density at radius 2 is 1.95 bits per heavy atom. The average Bonchev–Trinajstić information content (AvgIpc) is 2.36. The van der Waals surface area contributed by atoms with Crippen molar-refractivity contribution in [2.24, 2.45) is 0 Å². The summed E-state index contributed by atoms with van der Waals surface area (Å²) >= 11 is 0. The van der Waals surface area contributed by atoms with E-state index in [0.29, 0.717) is 11.8 Å². The molecule has 2 rings (SSSR count). The molecule has 0 fully saturated rings. The number of aromatic amines is 1. The van der Waals surface area contributed by atoms with E-state index in [1.54, 1.807) is 0 Å². The van der Waals surface area contributed by atoms with Gasteiger partial charge in [-0.05, 0) is 25.1 Å². The molecular weight excluding hydrogens is 306 g/mol. The first-order valence-electron chi connectivity index (χ1n) is 5.93. The molecule has 0 atom stereocenters. The van der Waals surface area contributed by atoms with Gasteiger partial charge in [-0.15, -0.1) is 0 Å². The number of H-pyrrole nitrogens is 1. The van der Waals surface area contributed by atoms with Crippen molar-refractivity contribution in [3.8, 4) is 0 Å². The number of rotatable bonds is 2. The van der Waals surface area contributed by atoms with Crippen LogP contribution in [-0.4, -0.2) is 15.9 Å². The van der Waals surface area contributed by atoms with Crippen molar-refractivity contribution in [2.45, 2.75) is 13.1 Å². The molecule has 0 aliphatic heterocycles. The summed E-state index contributed by atoms with van der Waals surface area (Å²) in [5, 5.41) is 2.08. The Labute approximate surface area is 121 Å². The molecule has 0 radical (unpaired) electrons. The summed E-state index contributed by atoms with van der Waals surface area (Å²) in [6.07, 6.45) is -4.90. The van der Waals surface area contributed by atoms with Crippen molar-refractivity contribution in [1.29, 1.82) is 0 Å². The van der Waals surface area contributed by atoms with Crippen molar-refractivity contribution in [2.75, 3.05) is 5.32 Å². The van der Waals surface area contributed by atoms with Gasteiger partial charge in [-0.25, -0.2) is 9.18 Å². The maximum Gasteiger partial charge on any atom is 0.417 e. The van der Waals surface area contributed by atoms with E-state index >= 15 is 0 Å². The number of carbonyl (C=O) groups is 1. The highest BCUT2D eigenvalue weighted by Crippen LogP contribution is 2.32. The first-order chi connectivity index (χ1) is 10.2. The number of aromatic nitrogens is 2. The number of aryl methyl sites for hydroxylation is 1. The molecule has 0 unspecified atom stereocenters. The Morgan fingerprint density at radius 3 is 2.55 bits per heavy atom. The van der Waals surface area contributed by atoms with E-state index in [1.165, 1.54) is 13.0 Å². The van der Waals surface area contributed by atoms with Crippen LogP contribution in [0.25, 0.3) is 0 Å². The molecule has 2 N–H and O–H groups in total. The molecule has 1 amide bonds. The van der Waals surface area contributed by atoms with Crippen LogP contribution in [-0.2, 0) is 6.18 Å². The third-order valence-corrected chi connectivity index (χ3v) is 2.65. The van der Waals surface area contributed by atoms with Crippen molar-refractivity contribution in [1.82, 2.24) is 9.97 Å². The Hall–Kier alpha value is -2.71. The zero-order chi connectivity index (χ0) is 16.5. The maximum absolute atomic E-state index is 13.0. The second-order valence-electron chi connectivity index (χ2n) is 4.40. The van der Waals surface area contributed by atoms with Gasteiger partial charge < -0.3 is 10.3 Å². The number of amides is 1. The largest absolute Gasteiger partial charge is 0.417 e. The molecular formula is C13H9F4N3O2. The minimum absolute atomic E-state index is 0.205. The summed E-state index contributed by atoms with van der Waals surface area (Å²) in [4.78, 5) is 28.8. The van der Waals surface area contributed by atoms with Crippen molar-refractivity contribution in [3.05, 3.63) is 57.4 Å². The number of alkyl halides is 3. The fraction of sp³-hybridized carbons (Fsp3) is 0.154. The lowest BCUT2D eigenvalue weighted by Crippen LogP contribution is -2.22. The van der Waals surface area contributed by atoms with Crippen LogP contribution in [0.4, 0.5) is 23.4 Å². The summed E-state index contributed by atoms with van der Waals surface area (Å²) in [7, 11) is 0. The Balaban J connectivity index is 2.40. The standard InChI is InChI=1S/C13H9F4N3O2/c1-6-4-10(20-12(22)18-6)19-11(21)8-3-2-7(14)5-9(8)13(15,16)17/h2-5H,1H3,(H2,18,19,20,21,22). The van der Waals surface area contributed by atoms with Gasteiger partial charge in [0, 0.05) is 11.8 Å². The smallest absolute Gasteiger partial charge is 0.310 e. The monoisotopic (exact) mass is 315 g/mol. The molecule has 0 saturated carbocycles. The lowest BCUT2D eigenvalue weighted by molar-refractivity contribution is -0.138. The van der Waals surface area contributed by atoms with Crippen LogP contribution in [0.15, 0.2) is 29.1 Å². The average molecular weight is 315 g/mol. The van der Waals surface area contributed by atoms with E-state index in [9.17, 15) is 27.2 Å². The van der Waals surface area contributed by atoms with Gasteiger partial charge in [-0.3, -0.25) is 4.79 Å². The van der Waals surface area contributed by atoms with Gasteiger partial charge in [0.15, 0.2) is 0 Å². The lowest BCUT2D eigenvalue weighted by atomic mass is 10.1. The quantitative estimate of drug-likeness (QED) is 0.836. The molecule has 9 heteroatoms. The topological polar surface area (TPSA) is 74.8 Å². The molecule has 1 heterocycles. The number of anilines is 1. The van der Waals surface area contributed by atoms with Gasteiger partial charge in [0.1, 0.15) is 11.6 Å². The van der Waals surface area contributed by atoms with Crippen molar-refractivity contribution < 1.29 is 22.4 Å². The van der Waals surface area contributed by atoms with E-state index < -0.39 is 34.7 Å². The molecule has 0 bridgehead atoms. The van der Waals surface area contributed by atoms with Gasteiger partial charge in [0.25, 0.3) is 5.91 Å². The highest BCUT2D eigenvalue weighted by Gasteiger charge is 2.35. The summed E-state index contributed by atoms with van der Waals surface area (Å²) < 4.78 is 51.5. The summed E-state index contributed by atoms with van der Waals surface area (Å²) in [6.45, 7) is 1.51. The minimum atomic E-state index is -4.90. The molecule has 0 aliphatic carbocycles. The molecule has 0 saturated heterocycles. The van der Waals surface area contributed by atoms with Crippen LogP contribution in [0, 0.1) is 12.7 Å². The molecule has 116 valence electrons. The van der Waals surface area contributed by atoms with E-state index in [2.05, 4.69) is 15.3 Å². The number of benzene rings is 1. The SMILES string of the molecule is Cc1cc(NC(=O)c2ccc(F)cc2C(F)(F)F)nc(=O)[nH]1. The van der Waals surface area contributed by atoms with E-state index in [1.807, 2.05) is 0 Å². The molecule has 0 aliphatic rings. The number of nitrogens with one attached hydrogen (secondary N) is 2. The summed E-state index contributed by atoms with van der Waals surface area (Å²) in [5.74, 6) is -2.47. The number of hydrogen-bond donors (Lipinski definition) is 2. The van der Waals surface area contributed by atoms with E-state index in [0.717, 1.165) is 6.07 Å². The number of nitrogens with zero attached hydrogens (tertiary/aromatic N) is 1. The van der Waals surface area contributed by atoms with Crippen LogP contribution in [0.3, 0.4) is 0 Å². The van der Waals surface area contributed by atoms with Crippen LogP contribution in [0.1, 0.15) is 21.6 Å². The molecule has 22 heavy (non-hydrogen) atoms. The molecule has 5 nitrogen and oxygen atoms in total. The predicted octanol–water partition coefficient (Wildman–Crippen LogP) is 2.49. The Morgan fingerprint density at radius 1 is 1.27 bits per heavy atom. The third kappa shape index (κ3) is 3.48. The minimum Gasteiger partial charge on any atom is -0.310 e. The number of halogens is 4. The van der Waals surface area contributed by atoms with E-state index in [4.69, 9.17) is 0 Å². The fourth-order valence-corrected chi connectivity index (χ4v) is 1.78. The second-order valence-corrected chi connectivity index (χ2v) is 4.40. The number of carbonyl (C=O) groups excluding carboxylic acids is 1. The lowest BCUT2D eigenvalue weighted by Gasteiger charge is -2.12. The van der Waals surface area contributed by atoms with E-state index in [-0.39, 0.29) is 11.9 Å². The predicted molar refractivity (Wildman–Crippen MR) is 68.9 cm³/mol. The summed E-state index contributed by atoms with van der Waals surface area (Å²) in [6, 6.07) is 2.95. The third-order valence-electron chi connectivity index (χ3n) is 2.65. The summed E-state index contributed by atoms with van der Waals surface area (Å²) in [5.41, 5.74) is -2.57. The molecule has 0 spiro atoms. The maximum atomic E-state index is 13.0. The zero-order valence-corrected chi connectivity index (χ0v) is 11.1.